The zero-order chi connectivity index (χ0) is 23.7. The van der Waals surface area contributed by atoms with E-state index in [9.17, 15) is 14.4 Å². The summed E-state index contributed by atoms with van der Waals surface area (Å²) in [6.07, 6.45) is 1.31. The third-order valence-corrected chi connectivity index (χ3v) is 6.68. The summed E-state index contributed by atoms with van der Waals surface area (Å²) >= 11 is 13.1. The smallest absolute Gasteiger partial charge is 0.266 e. The second-order valence-corrected chi connectivity index (χ2v) is 9.21. The fourth-order valence-electron chi connectivity index (χ4n) is 3.34. The van der Waals surface area contributed by atoms with Crippen molar-refractivity contribution in [1.29, 1.82) is 0 Å². The van der Waals surface area contributed by atoms with Gasteiger partial charge in [-0.25, -0.2) is 4.98 Å². The van der Waals surface area contributed by atoms with Crippen LogP contribution in [0.15, 0.2) is 59.7 Å². The first-order chi connectivity index (χ1) is 15.7. The number of benzene rings is 2. The largest absolute Gasteiger partial charge is 0.324 e. The molecule has 2 heterocycles. The van der Waals surface area contributed by atoms with Gasteiger partial charge in [-0.2, -0.15) is 0 Å². The van der Waals surface area contributed by atoms with Crippen molar-refractivity contribution < 1.29 is 9.59 Å². The van der Waals surface area contributed by atoms with Crippen LogP contribution in [0.2, 0.25) is 10.0 Å². The lowest BCUT2D eigenvalue weighted by atomic mass is 10.2. The number of aryl methyl sites for hydroxylation is 1. The number of amides is 2. The number of thiophene rings is 1. The molecule has 2 N–H and O–H groups in total. The molecule has 0 saturated carbocycles. The lowest BCUT2D eigenvalue weighted by Crippen LogP contribution is -2.31. The molecular weight excluding hydrogens is 483 g/mol. The maximum absolute atomic E-state index is 13.2. The van der Waals surface area contributed by atoms with E-state index in [1.807, 2.05) is 18.2 Å². The van der Waals surface area contributed by atoms with Gasteiger partial charge in [-0.15, -0.1) is 11.3 Å². The second kappa shape index (κ2) is 9.35. The maximum Gasteiger partial charge on any atom is 0.266 e. The molecule has 33 heavy (non-hydrogen) atoms. The highest BCUT2D eigenvalue weighted by Crippen LogP contribution is 2.28. The third-order valence-electron chi connectivity index (χ3n) is 5.04. The zero-order valence-corrected chi connectivity index (χ0v) is 19.9. The molecule has 0 spiro atoms. The van der Waals surface area contributed by atoms with Crippen LogP contribution in [0.4, 0.5) is 11.4 Å². The Hall–Kier alpha value is -3.20. The minimum absolute atomic E-state index is 0.311. The fourth-order valence-corrected chi connectivity index (χ4v) is 4.90. The molecule has 2 aromatic carbocycles. The predicted octanol–water partition coefficient (Wildman–Crippen LogP) is 5.53. The third kappa shape index (κ3) is 4.78. The van der Waals surface area contributed by atoms with Crippen LogP contribution in [0.3, 0.4) is 0 Å². The van der Waals surface area contributed by atoms with E-state index in [0.717, 1.165) is 11.3 Å². The summed E-state index contributed by atoms with van der Waals surface area (Å²) in [5.74, 6) is -0.761. The Morgan fingerprint density at radius 3 is 2.36 bits per heavy atom. The number of para-hydroxylation sites is 1. The molecule has 4 rings (SSSR count). The molecule has 168 valence electrons. The van der Waals surface area contributed by atoms with Gasteiger partial charge in [-0.3, -0.25) is 19.0 Å². The highest BCUT2D eigenvalue weighted by Gasteiger charge is 2.23. The van der Waals surface area contributed by atoms with Gasteiger partial charge in [-0.05, 0) is 49.7 Å². The van der Waals surface area contributed by atoms with E-state index in [1.165, 1.54) is 10.9 Å². The molecule has 1 atom stereocenters. The molecular formula is C23H18Cl2N4O3S. The molecule has 4 aromatic rings. The topological polar surface area (TPSA) is 93.1 Å². The highest BCUT2D eigenvalue weighted by molar-refractivity contribution is 7.20. The van der Waals surface area contributed by atoms with E-state index in [0.29, 0.717) is 42.1 Å². The van der Waals surface area contributed by atoms with Crippen molar-refractivity contribution >= 4 is 67.9 Å². The van der Waals surface area contributed by atoms with Gasteiger partial charge in [0.1, 0.15) is 10.9 Å². The van der Waals surface area contributed by atoms with Crippen molar-refractivity contribution in [3.8, 4) is 0 Å². The minimum atomic E-state index is -0.868. The number of fused-ring (bicyclic) bond motifs is 1. The average molecular weight is 501 g/mol. The van der Waals surface area contributed by atoms with E-state index in [2.05, 4.69) is 15.6 Å². The van der Waals surface area contributed by atoms with E-state index >= 15 is 0 Å². The summed E-state index contributed by atoms with van der Waals surface area (Å²) in [4.78, 5) is 43.9. The van der Waals surface area contributed by atoms with Gasteiger partial charge in [-0.1, -0.05) is 41.4 Å². The second-order valence-electron chi connectivity index (χ2n) is 7.34. The van der Waals surface area contributed by atoms with Gasteiger partial charge in [0.2, 0.25) is 5.91 Å². The fraction of sp³-hybridized carbons (Fsp3) is 0.130. The van der Waals surface area contributed by atoms with Crippen LogP contribution in [-0.4, -0.2) is 21.4 Å². The first kappa shape index (κ1) is 23.0. The van der Waals surface area contributed by atoms with Crippen molar-refractivity contribution in [1.82, 2.24) is 9.55 Å². The van der Waals surface area contributed by atoms with Crippen molar-refractivity contribution in [2.45, 2.75) is 19.9 Å². The van der Waals surface area contributed by atoms with Crippen LogP contribution in [0.25, 0.3) is 10.2 Å². The Balaban J connectivity index is 1.63. The number of nitrogens with zero attached hydrogens (tertiary/aromatic N) is 2. The van der Waals surface area contributed by atoms with E-state index in [-0.39, 0.29) is 5.91 Å². The van der Waals surface area contributed by atoms with Crippen LogP contribution in [0.1, 0.15) is 28.2 Å². The average Bonchev–Trinajstić information content (AvgIpc) is 3.11. The summed E-state index contributed by atoms with van der Waals surface area (Å²) in [7, 11) is 0. The van der Waals surface area contributed by atoms with E-state index in [4.69, 9.17) is 23.2 Å². The van der Waals surface area contributed by atoms with Crippen molar-refractivity contribution in [3.63, 3.8) is 0 Å². The van der Waals surface area contributed by atoms with Crippen molar-refractivity contribution in [2.75, 3.05) is 10.6 Å². The quantitative estimate of drug-likeness (QED) is 0.376. The van der Waals surface area contributed by atoms with Gasteiger partial charge >= 0.3 is 0 Å². The maximum atomic E-state index is 13.2. The molecule has 1 unspecified atom stereocenters. The number of nitrogens with one attached hydrogen (secondary N) is 2. The SMILES string of the molecule is Cc1c(C(=O)Nc2ccccc2)sc2ncn(C(C)C(=O)Nc3cc(Cl)cc(Cl)c3)c(=O)c12. The molecule has 0 aliphatic carbocycles. The first-order valence-corrected chi connectivity index (χ1v) is 11.5. The first-order valence-electron chi connectivity index (χ1n) is 9.88. The van der Waals surface area contributed by atoms with Gasteiger partial charge in [0.05, 0.1) is 16.6 Å². The zero-order valence-electron chi connectivity index (χ0n) is 17.6. The molecule has 2 aromatic heterocycles. The highest BCUT2D eigenvalue weighted by atomic mass is 35.5. The van der Waals surface area contributed by atoms with Gasteiger partial charge in [0.25, 0.3) is 11.5 Å². The van der Waals surface area contributed by atoms with Gasteiger partial charge in [0.15, 0.2) is 0 Å². The minimum Gasteiger partial charge on any atom is -0.324 e. The van der Waals surface area contributed by atoms with Crippen LogP contribution in [0.5, 0.6) is 0 Å². The molecule has 2 amide bonds. The lowest BCUT2D eigenvalue weighted by molar-refractivity contribution is -0.118. The molecule has 7 nitrogen and oxygen atoms in total. The number of rotatable bonds is 5. The van der Waals surface area contributed by atoms with E-state index in [1.54, 1.807) is 44.2 Å². The monoisotopic (exact) mass is 500 g/mol. The summed E-state index contributed by atoms with van der Waals surface area (Å²) in [5, 5.41) is 6.59. The molecule has 0 fully saturated rings. The number of halogens is 2. The number of carbonyl (C=O) groups excluding carboxylic acids is 2. The Labute approximate surface area is 203 Å². The Morgan fingerprint density at radius 2 is 1.70 bits per heavy atom. The summed E-state index contributed by atoms with van der Waals surface area (Å²) < 4.78 is 1.24. The number of aromatic nitrogens is 2. The van der Waals surface area contributed by atoms with Crippen LogP contribution in [-0.2, 0) is 4.79 Å². The molecule has 0 bridgehead atoms. The van der Waals surface area contributed by atoms with Gasteiger partial charge in [0, 0.05) is 21.4 Å². The number of carbonyl (C=O) groups is 2. The van der Waals surface area contributed by atoms with Gasteiger partial charge < -0.3 is 10.6 Å². The molecule has 0 aliphatic heterocycles. The van der Waals surface area contributed by atoms with Crippen LogP contribution < -0.4 is 16.2 Å². The number of anilines is 2. The Kier molecular flexibility index (Phi) is 6.51. The summed E-state index contributed by atoms with van der Waals surface area (Å²) in [6.45, 7) is 3.28. The van der Waals surface area contributed by atoms with Crippen LogP contribution in [0, 0.1) is 6.92 Å². The predicted molar refractivity (Wildman–Crippen MR) is 133 cm³/mol. The number of hydrogen-bond acceptors (Lipinski definition) is 5. The van der Waals surface area contributed by atoms with Crippen molar-refractivity contribution in [3.05, 3.63) is 85.7 Å². The van der Waals surface area contributed by atoms with Crippen LogP contribution >= 0.6 is 34.5 Å². The molecule has 0 radical (unpaired) electrons. The molecule has 10 heteroatoms. The van der Waals surface area contributed by atoms with E-state index < -0.39 is 17.5 Å². The Morgan fingerprint density at radius 1 is 1.03 bits per heavy atom. The lowest BCUT2D eigenvalue weighted by Gasteiger charge is -2.15. The molecule has 0 saturated heterocycles. The number of hydrogen-bond donors (Lipinski definition) is 2. The molecule has 0 aliphatic rings. The standard InChI is InChI=1S/C23H18Cl2N4O3S/c1-12-18-22(33-19(12)21(31)27-16-6-4-3-5-7-16)26-11-29(23(18)32)13(2)20(30)28-17-9-14(24)8-15(25)10-17/h3-11,13H,1-2H3,(H,27,31)(H,28,30). The summed E-state index contributed by atoms with van der Waals surface area (Å²) in [5.41, 5.74) is 1.18. The normalized spacial score (nSPS) is 11.9. The van der Waals surface area contributed by atoms with Crippen molar-refractivity contribution in [2.24, 2.45) is 0 Å². The Bertz CT molecular complexity index is 1410. The summed E-state index contributed by atoms with van der Waals surface area (Å²) in [6, 6.07) is 12.8.